The number of halogens is 2. The van der Waals surface area contributed by atoms with Crippen molar-refractivity contribution < 1.29 is 23.5 Å². The molecule has 176 valence electrons. The maximum Gasteiger partial charge on any atom is 0.412 e. The molecular weight excluding hydrogens is 461 g/mol. The number of benzene rings is 2. The summed E-state index contributed by atoms with van der Waals surface area (Å²) >= 11 is 5.85. The zero-order chi connectivity index (χ0) is 24.9. The van der Waals surface area contributed by atoms with Crippen molar-refractivity contribution in [3.05, 3.63) is 77.2 Å². The third-order valence-electron chi connectivity index (χ3n) is 4.44. The van der Waals surface area contributed by atoms with E-state index in [4.69, 9.17) is 16.3 Å². The quantitative estimate of drug-likeness (QED) is 0.326. The van der Waals surface area contributed by atoms with E-state index >= 15 is 0 Å². The number of rotatable bonds is 6. The van der Waals surface area contributed by atoms with Crippen LogP contribution in [0, 0.1) is 5.82 Å². The second-order valence-corrected chi connectivity index (χ2v) is 8.79. The van der Waals surface area contributed by atoms with Gasteiger partial charge in [-0.05, 0) is 45.0 Å². The number of Topliss-reactive ketones (excluding diaryl/α,β-unsaturated/α-hetero) is 1. The molecular formula is C25H23ClFN3O4. The molecule has 0 bridgehead atoms. The van der Waals surface area contributed by atoms with Gasteiger partial charge in [0.25, 0.3) is 0 Å². The first-order valence-corrected chi connectivity index (χ1v) is 10.7. The van der Waals surface area contributed by atoms with E-state index in [0.29, 0.717) is 11.3 Å². The van der Waals surface area contributed by atoms with Crippen molar-refractivity contribution in [2.75, 3.05) is 10.6 Å². The molecule has 2 aromatic carbocycles. The molecule has 2 amide bonds. The van der Waals surface area contributed by atoms with Crippen LogP contribution in [0.3, 0.4) is 0 Å². The van der Waals surface area contributed by atoms with Gasteiger partial charge in [-0.2, -0.15) is 0 Å². The molecule has 0 saturated carbocycles. The summed E-state index contributed by atoms with van der Waals surface area (Å²) in [6.45, 7) is 5.02. The van der Waals surface area contributed by atoms with Gasteiger partial charge in [0, 0.05) is 23.4 Å². The van der Waals surface area contributed by atoms with Crippen LogP contribution in [-0.2, 0) is 9.53 Å². The van der Waals surface area contributed by atoms with Gasteiger partial charge in [-0.25, -0.2) is 9.18 Å². The monoisotopic (exact) mass is 483 g/mol. The van der Waals surface area contributed by atoms with Gasteiger partial charge in [-0.1, -0.05) is 35.9 Å². The molecule has 9 heteroatoms. The van der Waals surface area contributed by atoms with Gasteiger partial charge in [0.15, 0.2) is 5.78 Å². The Bertz CT molecular complexity index is 1230. The molecule has 2 N–H and O–H groups in total. The van der Waals surface area contributed by atoms with E-state index in [0.717, 1.165) is 17.7 Å². The first kappa shape index (κ1) is 24.9. The average Bonchev–Trinajstić information content (AvgIpc) is 2.76. The van der Waals surface area contributed by atoms with Crippen LogP contribution in [0.25, 0.3) is 11.3 Å². The summed E-state index contributed by atoms with van der Waals surface area (Å²) in [4.78, 5) is 41.7. The van der Waals surface area contributed by atoms with Crippen molar-refractivity contribution in [3.8, 4) is 11.3 Å². The van der Waals surface area contributed by atoms with Crippen molar-refractivity contribution in [1.82, 2.24) is 4.98 Å². The lowest BCUT2D eigenvalue weighted by Crippen LogP contribution is -2.27. The second kappa shape index (κ2) is 10.4. The van der Waals surface area contributed by atoms with Gasteiger partial charge < -0.3 is 10.1 Å². The molecule has 34 heavy (non-hydrogen) atoms. The molecule has 0 atom stereocenters. The minimum atomic E-state index is -0.841. The normalized spacial score (nSPS) is 11.0. The Labute approximate surface area is 201 Å². The minimum Gasteiger partial charge on any atom is -0.444 e. The largest absolute Gasteiger partial charge is 0.444 e. The number of aromatic nitrogens is 1. The number of pyridine rings is 1. The zero-order valence-electron chi connectivity index (χ0n) is 18.8. The van der Waals surface area contributed by atoms with Crippen LogP contribution in [0.4, 0.5) is 20.6 Å². The van der Waals surface area contributed by atoms with E-state index < -0.39 is 35.6 Å². The Hall–Kier alpha value is -3.78. The van der Waals surface area contributed by atoms with E-state index in [1.807, 2.05) is 18.2 Å². The van der Waals surface area contributed by atoms with Gasteiger partial charge in [0.2, 0.25) is 5.91 Å². The van der Waals surface area contributed by atoms with E-state index in [-0.39, 0.29) is 16.4 Å². The van der Waals surface area contributed by atoms with Gasteiger partial charge >= 0.3 is 6.09 Å². The smallest absolute Gasteiger partial charge is 0.412 e. The highest BCUT2D eigenvalue weighted by Crippen LogP contribution is 2.29. The van der Waals surface area contributed by atoms with Crippen LogP contribution >= 0.6 is 11.6 Å². The van der Waals surface area contributed by atoms with E-state index in [9.17, 15) is 18.8 Å². The molecule has 1 heterocycles. The third kappa shape index (κ3) is 6.86. The Balaban J connectivity index is 1.74. The fraction of sp³-hybridized carbons (Fsp3) is 0.200. The molecule has 7 nitrogen and oxygen atoms in total. The topological polar surface area (TPSA) is 97.4 Å². The number of ether oxygens (including phenoxy) is 1. The van der Waals surface area contributed by atoms with Crippen molar-refractivity contribution in [1.29, 1.82) is 0 Å². The Morgan fingerprint density at radius 2 is 1.74 bits per heavy atom. The molecule has 3 aromatic rings. The number of ketones is 1. The molecule has 0 fully saturated rings. The lowest BCUT2D eigenvalue weighted by atomic mass is 10.0. The van der Waals surface area contributed by atoms with E-state index in [1.54, 1.807) is 51.2 Å². The summed E-state index contributed by atoms with van der Waals surface area (Å²) in [6, 6.07) is 14.3. The zero-order valence-corrected chi connectivity index (χ0v) is 19.6. The van der Waals surface area contributed by atoms with Crippen molar-refractivity contribution in [2.24, 2.45) is 0 Å². The number of anilines is 2. The number of carbonyl (C=O) groups excluding carboxylic acids is 3. The number of nitrogens with zero attached hydrogens (tertiary/aromatic N) is 1. The van der Waals surface area contributed by atoms with Crippen LogP contribution in [0.1, 0.15) is 37.6 Å². The number of hydrogen-bond acceptors (Lipinski definition) is 5. The fourth-order valence-corrected chi connectivity index (χ4v) is 3.16. The maximum atomic E-state index is 14.0. The van der Waals surface area contributed by atoms with Gasteiger partial charge in [-0.15, -0.1) is 0 Å². The predicted molar refractivity (Wildman–Crippen MR) is 129 cm³/mol. The molecule has 0 unspecified atom stereocenters. The summed E-state index contributed by atoms with van der Waals surface area (Å²) in [5.41, 5.74) is 0.949. The van der Waals surface area contributed by atoms with Gasteiger partial charge in [0.1, 0.15) is 11.4 Å². The lowest BCUT2D eigenvalue weighted by Gasteiger charge is -2.20. The molecule has 0 aliphatic heterocycles. The minimum absolute atomic E-state index is 0.0253. The molecule has 0 saturated heterocycles. The van der Waals surface area contributed by atoms with E-state index in [1.165, 1.54) is 0 Å². The number of nitrogens with one attached hydrogen (secondary N) is 2. The highest BCUT2D eigenvalue weighted by atomic mass is 35.5. The summed E-state index contributed by atoms with van der Waals surface area (Å²) < 4.78 is 19.2. The van der Waals surface area contributed by atoms with E-state index in [2.05, 4.69) is 15.6 Å². The van der Waals surface area contributed by atoms with Crippen LogP contribution in [0.15, 0.2) is 60.8 Å². The first-order valence-electron chi connectivity index (χ1n) is 10.4. The number of hydrogen-bond donors (Lipinski definition) is 2. The summed E-state index contributed by atoms with van der Waals surface area (Å²) in [7, 11) is 0. The van der Waals surface area contributed by atoms with Crippen LogP contribution in [-0.4, -0.2) is 28.4 Å². The summed E-state index contributed by atoms with van der Waals surface area (Å²) in [6.07, 6.45) is 0.327. The van der Waals surface area contributed by atoms with Gasteiger partial charge in [0.05, 0.1) is 28.5 Å². The molecule has 3 rings (SSSR count). The molecule has 0 radical (unpaired) electrons. The van der Waals surface area contributed by atoms with Crippen LogP contribution in [0.2, 0.25) is 5.02 Å². The SMILES string of the molecule is CC(C)(C)OC(=O)Nc1cc(F)c(Cl)cc1NC(=O)CC(=O)c1cccc(-c2ccccn2)c1. The van der Waals surface area contributed by atoms with Gasteiger partial charge in [-0.3, -0.25) is 19.9 Å². The number of amides is 2. The standard InChI is InChI=1S/C25H23ClFN3O4/c1-25(2,3)34-24(33)30-21-13-18(27)17(26)12-20(21)29-23(32)14-22(31)16-8-6-7-15(11-16)19-9-4-5-10-28-19/h4-13H,14H2,1-3H3,(H,29,32)(H,30,33). The lowest BCUT2D eigenvalue weighted by molar-refractivity contribution is -0.115. The third-order valence-corrected chi connectivity index (χ3v) is 4.73. The second-order valence-electron chi connectivity index (χ2n) is 8.38. The predicted octanol–water partition coefficient (Wildman–Crippen LogP) is 6.10. The molecule has 0 aliphatic carbocycles. The Morgan fingerprint density at radius 3 is 2.41 bits per heavy atom. The van der Waals surface area contributed by atoms with Crippen LogP contribution in [0.5, 0.6) is 0 Å². The molecule has 0 aliphatic rings. The first-order chi connectivity index (χ1) is 16.0. The average molecular weight is 484 g/mol. The maximum absolute atomic E-state index is 14.0. The molecule has 1 aromatic heterocycles. The van der Waals surface area contributed by atoms with Crippen LogP contribution < -0.4 is 10.6 Å². The summed E-state index contributed by atoms with van der Waals surface area (Å²) in [5.74, 6) is -1.89. The van der Waals surface area contributed by atoms with Crippen molar-refractivity contribution in [2.45, 2.75) is 32.8 Å². The Kier molecular flexibility index (Phi) is 7.63. The fourth-order valence-electron chi connectivity index (χ4n) is 3.00. The highest BCUT2D eigenvalue weighted by molar-refractivity contribution is 6.31. The highest BCUT2D eigenvalue weighted by Gasteiger charge is 2.20. The number of carbonyl (C=O) groups is 3. The van der Waals surface area contributed by atoms with Crippen molar-refractivity contribution in [3.63, 3.8) is 0 Å². The molecule has 0 spiro atoms. The summed E-state index contributed by atoms with van der Waals surface area (Å²) in [5, 5.41) is 4.62. The Morgan fingerprint density at radius 1 is 1.00 bits per heavy atom. The van der Waals surface area contributed by atoms with Crippen molar-refractivity contribution >= 4 is 40.8 Å².